The number of pyridine rings is 2. The fourth-order valence-corrected chi connectivity index (χ4v) is 5.52. The van der Waals surface area contributed by atoms with E-state index < -0.39 is 0 Å². The predicted molar refractivity (Wildman–Crippen MR) is 150 cm³/mol. The van der Waals surface area contributed by atoms with E-state index in [1.807, 2.05) is 18.3 Å². The molecule has 1 aliphatic heterocycles. The number of imidazole rings is 1. The Bertz CT molecular complexity index is 1580. The number of aromatic nitrogens is 4. The zero-order chi connectivity index (χ0) is 25.5. The van der Waals surface area contributed by atoms with Crippen molar-refractivity contribution >= 4 is 16.9 Å². The first-order valence-corrected chi connectivity index (χ1v) is 13.3. The van der Waals surface area contributed by atoms with Gasteiger partial charge in [-0.3, -0.25) is 9.55 Å². The normalized spacial score (nSPS) is 16.9. The van der Waals surface area contributed by atoms with Crippen LogP contribution in [0.1, 0.15) is 24.8 Å². The number of hydrogen-bond acceptors (Lipinski definition) is 6. The summed E-state index contributed by atoms with van der Waals surface area (Å²) in [7, 11) is 0. The Labute approximate surface area is 221 Å². The summed E-state index contributed by atoms with van der Waals surface area (Å²) >= 11 is 0. The summed E-state index contributed by atoms with van der Waals surface area (Å²) < 4.78 is 7.67. The molecule has 0 amide bonds. The molecule has 38 heavy (non-hydrogen) atoms. The molecule has 2 N–H and O–H groups in total. The molecular weight excluding hydrogens is 472 g/mol. The van der Waals surface area contributed by atoms with Gasteiger partial charge in [-0.25, -0.2) is 9.97 Å². The van der Waals surface area contributed by atoms with Gasteiger partial charge < -0.3 is 15.4 Å². The van der Waals surface area contributed by atoms with Gasteiger partial charge in [-0.2, -0.15) is 0 Å². The SMILES string of the molecule is NC1(c2ccc(-n3c(-c4cccnc4)nc4ccc(-c5cccc(N6CCOCC6)c5)nc43)cc2)CCC1. The van der Waals surface area contributed by atoms with Crippen LogP contribution in [0.4, 0.5) is 5.69 Å². The van der Waals surface area contributed by atoms with E-state index >= 15 is 0 Å². The second kappa shape index (κ2) is 9.35. The van der Waals surface area contributed by atoms with Gasteiger partial charge in [-0.1, -0.05) is 24.3 Å². The minimum Gasteiger partial charge on any atom is -0.378 e. The lowest BCUT2D eigenvalue weighted by Gasteiger charge is -2.38. The third-order valence-corrected chi connectivity index (χ3v) is 7.89. The molecule has 1 saturated carbocycles. The fraction of sp³-hybridized carbons (Fsp3) is 0.258. The van der Waals surface area contributed by atoms with Gasteiger partial charge in [0.05, 0.1) is 18.9 Å². The maximum Gasteiger partial charge on any atom is 0.165 e. The van der Waals surface area contributed by atoms with Crippen LogP contribution in [0.5, 0.6) is 0 Å². The van der Waals surface area contributed by atoms with Gasteiger partial charge in [0.1, 0.15) is 11.3 Å². The van der Waals surface area contributed by atoms with E-state index in [-0.39, 0.29) is 5.54 Å². The number of nitrogens with two attached hydrogens (primary N) is 1. The smallest absolute Gasteiger partial charge is 0.165 e. The first kappa shape index (κ1) is 23.1. The number of rotatable bonds is 5. The molecule has 1 aliphatic carbocycles. The molecule has 1 saturated heterocycles. The third kappa shape index (κ3) is 4.04. The minimum absolute atomic E-state index is 0.196. The van der Waals surface area contributed by atoms with Crippen molar-refractivity contribution in [1.82, 2.24) is 19.5 Å². The third-order valence-electron chi connectivity index (χ3n) is 7.89. The lowest BCUT2D eigenvalue weighted by Crippen LogP contribution is -2.43. The molecule has 0 radical (unpaired) electrons. The van der Waals surface area contributed by atoms with E-state index in [9.17, 15) is 0 Å². The Hall–Kier alpha value is -4.07. The monoisotopic (exact) mass is 502 g/mol. The topological polar surface area (TPSA) is 82.1 Å². The van der Waals surface area contributed by atoms with Crippen molar-refractivity contribution in [2.45, 2.75) is 24.8 Å². The van der Waals surface area contributed by atoms with Crippen LogP contribution in [0.3, 0.4) is 0 Å². The molecule has 3 aromatic heterocycles. The molecule has 7 rings (SSSR count). The van der Waals surface area contributed by atoms with Crippen LogP contribution in [-0.2, 0) is 10.3 Å². The molecule has 190 valence electrons. The average molecular weight is 503 g/mol. The van der Waals surface area contributed by atoms with E-state index in [0.717, 1.165) is 78.6 Å². The molecule has 0 atom stereocenters. The van der Waals surface area contributed by atoms with E-state index in [1.165, 1.54) is 17.7 Å². The Morgan fingerprint density at radius 3 is 2.37 bits per heavy atom. The molecule has 4 heterocycles. The highest BCUT2D eigenvalue weighted by Crippen LogP contribution is 2.39. The molecule has 0 unspecified atom stereocenters. The van der Waals surface area contributed by atoms with Gasteiger partial charge in [0, 0.05) is 53.5 Å². The molecule has 2 fully saturated rings. The van der Waals surface area contributed by atoms with Gasteiger partial charge in [-0.15, -0.1) is 0 Å². The number of fused-ring (bicyclic) bond motifs is 1. The zero-order valence-electron chi connectivity index (χ0n) is 21.3. The highest BCUT2D eigenvalue weighted by molar-refractivity contribution is 5.83. The highest BCUT2D eigenvalue weighted by atomic mass is 16.5. The van der Waals surface area contributed by atoms with Crippen LogP contribution in [0.15, 0.2) is 85.2 Å². The highest BCUT2D eigenvalue weighted by Gasteiger charge is 2.34. The van der Waals surface area contributed by atoms with Crippen molar-refractivity contribution < 1.29 is 4.74 Å². The van der Waals surface area contributed by atoms with Gasteiger partial charge in [0.25, 0.3) is 0 Å². The summed E-state index contributed by atoms with van der Waals surface area (Å²) in [6.45, 7) is 3.32. The molecule has 0 spiro atoms. The molecule has 0 bridgehead atoms. The Morgan fingerprint density at radius 1 is 0.816 bits per heavy atom. The molecule has 2 aromatic carbocycles. The Kier molecular flexibility index (Phi) is 5.68. The molecular formula is C31H30N6O. The van der Waals surface area contributed by atoms with Gasteiger partial charge >= 0.3 is 0 Å². The number of benzene rings is 2. The molecule has 7 nitrogen and oxygen atoms in total. The maximum absolute atomic E-state index is 6.60. The van der Waals surface area contributed by atoms with E-state index in [4.69, 9.17) is 20.4 Å². The van der Waals surface area contributed by atoms with Crippen molar-refractivity contribution in [2.75, 3.05) is 31.2 Å². The fourth-order valence-electron chi connectivity index (χ4n) is 5.52. The van der Waals surface area contributed by atoms with Crippen LogP contribution in [0.25, 0.3) is 39.5 Å². The quantitative estimate of drug-likeness (QED) is 0.350. The van der Waals surface area contributed by atoms with Crippen molar-refractivity contribution in [1.29, 1.82) is 0 Å². The second-order valence-electron chi connectivity index (χ2n) is 10.3. The van der Waals surface area contributed by atoms with Gasteiger partial charge in [0.15, 0.2) is 5.65 Å². The predicted octanol–water partition coefficient (Wildman–Crippen LogP) is 5.32. The minimum atomic E-state index is -0.196. The molecule has 5 aromatic rings. The van der Waals surface area contributed by atoms with Crippen LogP contribution in [-0.4, -0.2) is 45.8 Å². The summed E-state index contributed by atoms with van der Waals surface area (Å²) in [5.74, 6) is 0.818. The Morgan fingerprint density at radius 2 is 1.63 bits per heavy atom. The number of anilines is 1. The lowest BCUT2D eigenvalue weighted by molar-refractivity contribution is 0.122. The van der Waals surface area contributed by atoms with Crippen LogP contribution in [0, 0.1) is 0 Å². The van der Waals surface area contributed by atoms with Crippen molar-refractivity contribution in [3.8, 4) is 28.3 Å². The standard InChI is InChI=1S/C31H30N6O/c32-31(13-3-14-31)24-7-9-25(10-8-24)37-29(23-5-2-15-33-21-23)35-28-12-11-27(34-30(28)37)22-4-1-6-26(20-22)36-16-18-38-19-17-36/h1-2,4-12,15,20-21H,3,13-14,16-19,32H2. The number of morpholine rings is 1. The summed E-state index contributed by atoms with van der Waals surface area (Å²) in [5.41, 5.74) is 14.4. The largest absolute Gasteiger partial charge is 0.378 e. The summed E-state index contributed by atoms with van der Waals surface area (Å²) in [5, 5.41) is 0. The first-order chi connectivity index (χ1) is 18.7. The van der Waals surface area contributed by atoms with Crippen molar-refractivity contribution in [3.05, 3.63) is 90.8 Å². The summed E-state index contributed by atoms with van der Waals surface area (Å²) in [6.07, 6.45) is 6.89. The van der Waals surface area contributed by atoms with E-state index in [0.29, 0.717) is 0 Å². The number of nitrogens with zero attached hydrogens (tertiary/aromatic N) is 5. The molecule has 2 aliphatic rings. The van der Waals surface area contributed by atoms with Crippen molar-refractivity contribution in [3.63, 3.8) is 0 Å². The van der Waals surface area contributed by atoms with Gasteiger partial charge in [0.2, 0.25) is 0 Å². The number of hydrogen-bond donors (Lipinski definition) is 1. The number of ether oxygens (including phenoxy) is 1. The zero-order valence-corrected chi connectivity index (χ0v) is 21.3. The van der Waals surface area contributed by atoms with Crippen LogP contribution >= 0.6 is 0 Å². The maximum atomic E-state index is 6.60. The lowest BCUT2D eigenvalue weighted by atomic mass is 9.73. The average Bonchev–Trinajstić information content (AvgIpc) is 3.36. The first-order valence-electron chi connectivity index (χ1n) is 13.3. The van der Waals surface area contributed by atoms with E-state index in [2.05, 4.69) is 75.1 Å². The summed E-state index contributed by atoms with van der Waals surface area (Å²) in [4.78, 5) is 16.9. The Balaban J connectivity index is 1.35. The van der Waals surface area contributed by atoms with Crippen molar-refractivity contribution in [2.24, 2.45) is 5.73 Å². The van der Waals surface area contributed by atoms with Gasteiger partial charge in [-0.05, 0) is 73.4 Å². The van der Waals surface area contributed by atoms with E-state index in [1.54, 1.807) is 6.20 Å². The van der Waals surface area contributed by atoms with Crippen LogP contribution in [0.2, 0.25) is 0 Å². The molecule has 7 heteroatoms. The summed E-state index contributed by atoms with van der Waals surface area (Å²) in [6, 6.07) is 25.3. The van der Waals surface area contributed by atoms with Crippen LogP contribution < -0.4 is 10.6 Å². The second-order valence-corrected chi connectivity index (χ2v) is 10.3.